The number of amides is 2. The number of urea groups is 1. The summed E-state index contributed by atoms with van der Waals surface area (Å²) in [6.07, 6.45) is 4.64. The van der Waals surface area contributed by atoms with Gasteiger partial charge in [-0.25, -0.2) is 4.79 Å². The third kappa shape index (κ3) is 4.61. The van der Waals surface area contributed by atoms with Gasteiger partial charge in [0.25, 0.3) is 0 Å². The Bertz CT molecular complexity index is 787. The van der Waals surface area contributed by atoms with Crippen molar-refractivity contribution < 1.29 is 9.53 Å². The normalized spacial score (nSPS) is 19.6. The molecule has 1 fully saturated rings. The number of para-hydroxylation sites is 2. The van der Waals surface area contributed by atoms with Crippen molar-refractivity contribution in [2.75, 3.05) is 25.0 Å². The van der Waals surface area contributed by atoms with Crippen molar-refractivity contribution in [3.63, 3.8) is 0 Å². The Morgan fingerprint density at radius 3 is 2.70 bits per heavy atom. The third-order valence-corrected chi connectivity index (χ3v) is 5.32. The lowest BCUT2D eigenvalue weighted by Crippen LogP contribution is -2.44. The van der Waals surface area contributed by atoms with Crippen molar-refractivity contribution in [2.45, 2.75) is 38.3 Å². The molecule has 2 N–H and O–H groups in total. The fourth-order valence-corrected chi connectivity index (χ4v) is 3.90. The van der Waals surface area contributed by atoms with Gasteiger partial charge in [-0.3, -0.25) is 4.90 Å². The zero-order chi connectivity index (χ0) is 18.5. The maximum absolute atomic E-state index is 12.5. The van der Waals surface area contributed by atoms with Crippen LogP contribution in [-0.4, -0.2) is 36.7 Å². The number of nitrogens with zero attached hydrogens (tertiary/aromatic N) is 1. The summed E-state index contributed by atoms with van der Waals surface area (Å²) in [6.45, 7) is 3.66. The molecular formula is C22H27N3O2. The second-order valence-corrected chi connectivity index (χ2v) is 7.41. The average molecular weight is 365 g/mol. The molecule has 0 radical (unpaired) electrons. The van der Waals surface area contributed by atoms with E-state index in [1.165, 1.54) is 24.8 Å². The van der Waals surface area contributed by atoms with Crippen LogP contribution >= 0.6 is 0 Å². The van der Waals surface area contributed by atoms with Crippen LogP contribution in [0.1, 0.15) is 30.4 Å². The summed E-state index contributed by atoms with van der Waals surface area (Å²) in [5.74, 6) is 0.919. The SMILES string of the molecule is O=C(Nc1ccccc1CN1CCCCC1)N[C@@H]1COc2ccccc2C1. The van der Waals surface area contributed by atoms with E-state index in [9.17, 15) is 4.79 Å². The summed E-state index contributed by atoms with van der Waals surface area (Å²) in [5.41, 5.74) is 3.19. The Balaban J connectivity index is 1.36. The Hall–Kier alpha value is -2.53. The molecule has 4 rings (SSSR count). The van der Waals surface area contributed by atoms with Gasteiger partial charge in [0.05, 0.1) is 6.04 Å². The number of hydrogen-bond donors (Lipinski definition) is 2. The van der Waals surface area contributed by atoms with Crippen LogP contribution in [0.3, 0.4) is 0 Å². The van der Waals surface area contributed by atoms with Crippen LogP contribution < -0.4 is 15.4 Å². The third-order valence-electron chi connectivity index (χ3n) is 5.32. The highest BCUT2D eigenvalue weighted by atomic mass is 16.5. The first-order valence-corrected chi connectivity index (χ1v) is 9.86. The molecule has 0 aliphatic carbocycles. The second kappa shape index (κ2) is 8.44. The molecule has 142 valence electrons. The lowest BCUT2D eigenvalue weighted by molar-refractivity contribution is 0.220. The molecule has 2 heterocycles. The number of benzene rings is 2. The maximum Gasteiger partial charge on any atom is 0.319 e. The monoisotopic (exact) mass is 365 g/mol. The Morgan fingerprint density at radius 1 is 1.04 bits per heavy atom. The summed E-state index contributed by atoms with van der Waals surface area (Å²) in [5, 5.41) is 6.09. The molecule has 0 aromatic heterocycles. The van der Waals surface area contributed by atoms with Crippen molar-refractivity contribution in [2.24, 2.45) is 0 Å². The van der Waals surface area contributed by atoms with Crippen LogP contribution in [0.15, 0.2) is 48.5 Å². The van der Waals surface area contributed by atoms with Crippen LogP contribution in [0.25, 0.3) is 0 Å². The van der Waals surface area contributed by atoms with E-state index in [2.05, 4.69) is 27.7 Å². The van der Waals surface area contributed by atoms with Gasteiger partial charge in [0.1, 0.15) is 12.4 Å². The van der Waals surface area contributed by atoms with Crippen LogP contribution in [0.4, 0.5) is 10.5 Å². The minimum absolute atomic E-state index is 0.0193. The van der Waals surface area contributed by atoms with E-state index in [4.69, 9.17) is 4.74 Å². The second-order valence-electron chi connectivity index (χ2n) is 7.41. The minimum atomic E-state index is -0.172. The number of carbonyl (C=O) groups excluding carboxylic acids is 1. The molecule has 0 spiro atoms. The summed E-state index contributed by atoms with van der Waals surface area (Å²) in [4.78, 5) is 15.0. The molecule has 2 aromatic rings. The van der Waals surface area contributed by atoms with Crippen molar-refractivity contribution in [1.29, 1.82) is 0 Å². The van der Waals surface area contributed by atoms with E-state index >= 15 is 0 Å². The summed E-state index contributed by atoms with van der Waals surface area (Å²) < 4.78 is 5.76. The Kier molecular flexibility index (Phi) is 5.58. The lowest BCUT2D eigenvalue weighted by Gasteiger charge is -2.28. The molecule has 2 aliphatic rings. The molecule has 2 aliphatic heterocycles. The first-order valence-electron chi connectivity index (χ1n) is 9.86. The van der Waals surface area contributed by atoms with E-state index in [1.807, 2.05) is 36.4 Å². The number of carbonyl (C=O) groups is 1. The highest BCUT2D eigenvalue weighted by molar-refractivity contribution is 5.90. The van der Waals surface area contributed by atoms with Gasteiger partial charge in [0.15, 0.2) is 0 Å². The van der Waals surface area contributed by atoms with E-state index in [0.29, 0.717) is 6.61 Å². The number of anilines is 1. The first-order chi connectivity index (χ1) is 13.3. The summed E-state index contributed by atoms with van der Waals surface area (Å²) in [7, 11) is 0. The molecule has 0 bridgehead atoms. The van der Waals surface area contributed by atoms with Crippen LogP contribution in [0.2, 0.25) is 0 Å². The number of rotatable bonds is 4. The van der Waals surface area contributed by atoms with E-state index < -0.39 is 0 Å². The summed E-state index contributed by atoms with van der Waals surface area (Å²) in [6, 6.07) is 15.9. The highest BCUT2D eigenvalue weighted by Gasteiger charge is 2.21. The highest BCUT2D eigenvalue weighted by Crippen LogP contribution is 2.24. The number of likely N-dealkylation sites (tertiary alicyclic amines) is 1. The topological polar surface area (TPSA) is 53.6 Å². The number of hydrogen-bond acceptors (Lipinski definition) is 3. The molecular weight excluding hydrogens is 338 g/mol. The molecule has 5 nitrogen and oxygen atoms in total. The number of piperidine rings is 1. The van der Waals surface area contributed by atoms with Gasteiger partial charge in [0.2, 0.25) is 0 Å². The molecule has 5 heteroatoms. The van der Waals surface area contributed by atoms with Gasteiger partial charge < -0.3 is 15.4 Å². The van der Waals surface area contributed by atoms with Gasteiger partial charge in [-0.15, -0.1) is 0 Å². The average Bonchev–Trinajstić information content (AvgIpc) is 2.70. The summed E-state index contributed by atoms with van der Waals surface area (Å²) >= 11 is 0. The van der Waals surface area contributed by atoms with Crippen LogP contribution in [0, 0.1) is 0 Å². The maximum atomic E-state index is 12.5. The Morgan fingerprint density at radius 2 is 1.81 bits per heavy atom. The van der Waals surface area contributed by atoms with E-state index in [0.717, 1.165) is 43.1 Å². The van der Waals surface area contributed by atoms with Crippen molar-refractivity contribution in [3.05, 3.63) is 59.7 Å². The van der Waals surface area contributed by atoms with Gasteiger partial charge in [-0.05, 0) is 55.6 Å². The van der Waals surface area contributed by atoms with Crippen molar-refractivity contribution >= 4 is 11.7 Å². The van der Waals surface area contributed by atoms with Gasteiger partial charge >= 0.3 is 6.03 Å². The molecule has 2 aromatic carbocycles. The molecule has 0 unspecified atom stereocenters. The molecule has 27 heavy (non-hydrogen) atoms. The standard InChI is InChI=1S/C22H27N3O2/c26-22(23-19-14-17-8-3-5-11-21(17)27-16-19)24-20-10-4-2-9-18(20)15-25-12-6-1-7-13-25/h2-5,8-11,19H,1,6-7,12-16H2,(H2,23,24,26)/t19-/m0/s1. The fourth-order valence-electron chi connectivity index (χ4n) is 3.90. The predicted octanol–water partition coefficient (Wildman–Crippen LogP) is 3.80. The largest absolute Gasteiger partial charge is 0.491 e. The molecule has 1 atom stereocenters. The van der Waals surface area contributed by atoms with Crippen molar-refractivity contribution in [3.8, 4) is 5.75 Å². The number of fused-ring (bicyclic) bond motifs is 1. The number of nitrogens with one attached hydrogen (secondary N) is 2. The smallest absolute Gasteiger partial charge is 0.319 e. The molecule has 0 saturated carbocycles. The van der Waals surface area contributed by atoms with Crippen LogP contribution in [-0.2, 0) is 13.0 Å². The predicted molar refractivity (Wildman–Crippen MR) is 107 cm³/mol. The van der Waals surface area contributed by atoms with Crippen molar-refractivity contribution in [1.82, 2.24) is 10.2 Å². The van der Waals surface area contributed by atoms with Gasteiger partial charge in [-0.1, -0.05) is 42.8 Å². The van der Waals surface area contributed by atoms with Gasteiger partial charge in [-0.2, -0.15) is 0 Å². The zero-order valence-corrected chi connectivity index (χ0v) is 15.6. The fraction of sp³-hybridized carbons (Fsp3) is 0.409. The molecule has 1 saturated heterocycles. The number of ether oxygens (including phenoxy) is 1. The first kappa shape index (κ1) is 17.9. The van der Waals surface area contributed by atoms with Crippen LogP contribution in [0.5, 0.6) is 5.75 Å². The quantitative estimate of drug-likeness (QED) is 0.867. The van der Waals surface area contributed by atoms with E-state index in [1.54, 1.807) is 0 Å². The zero-order valence-electron chi connectivity index (χ0n) is 15.6. The molecule has 2 amide bonds. The minimum Gasteiger partial charge on any atom is -0.491 e. The Labute approximate surface area is 160 Å². The lowest BCUT2D eigenvalue weighted by atomic mass is 10.0. The van der Waals surface area contributed by atoms with E-state index in [-0.39, 0.29) is 12.1 Å². The van der Waals surface area contributed by atoms with Gasteiger partial charge in [0, 0.05) is 12.2 Å².